The fourth-order valence-corrected chi connectivity index (χ4v) is 2.46. The molecule has 3 rings (SSSR count). The van der Waals surface area contributed by atoms with E-state index in [-0.39, 0.29) is 11.2 Å². The van der Waals surface area contributed by atoms with Crippen molar-refractivity contribution in [2.75, 3.05) is 0 Å². The molecule has 0 saturated heterocycles. The monoisotopic (exact) mass is 292 g/mol. The summed E-state index contributed by atoms with van der Waals surface area (Å²) in [5.74, 6) is -0.254. The van der Waals surface area contributed by atoms with Crippen LogP contribution in [0.25, 0.3) is 16.8 Å². The number of nitrogens with zero attached hydrogens (tertiary/aromatic N) is 2. The van der Waals surface area contributed by atoms with Crippen molar-refractivity contribution in [2.45, 2.75) is 13.8 Å². The van der Waals surface area contributed by atoms with E-state index in [9.17, 15) is 9.90 Å². The van der Waals surface area contributed by atoms with Crippen LogP contribution in [0.4, 0.5) is 0 Å². The number of pyridine rings is 2. The Kier molecular flexibility index (Phi) is 3.51. The molecule has 110 valence electrons. The Morgan fingerprint density at radius 3 is 2.59 bits per heavy atom. The van der Waals surface area contributed by atoms with Crippen LogP contribution in [0.5, 0.6) is 5.75 Å². The van der Waals surface area contributed by atoms with Crippen molar-refractivity contribution in [2.24, 2.45) is 0 Å². The lowest BCUT2D eigenvalue weighted by atomic mass is 10.1. The Morgan fingerprint density at radius 1 is 1.05 bits per heavy atom. The first-order chi connectivity index (χ1) is 10.5. The van der Waals surface area contributed by atoms with E-state index in [1.54, 1.807) is 10.8 Å². The first-order valence-electron chi connectivity index (χ1n) is 7.00. The molecule has 1 N–H and O–H groups in total. The van der Waals surface area contributed by atoms with Gasteiger partial charge in [0.05, 0.1) is 6.20 Å². The maximum atomic E-state index is 11.5. The largest absolute Gasteiger partial charge is 0.503 e. The topological polar surface area (TPSA) is 55.1 Å². The molecule has 0 fully saturated rings. The molecule has 0 saturated carbocycles. The number of aryl methyl sites for hydroxylation is 2. The van der Waals surface area contributed by atoms with E-state index >= 15 is 0 Å². The van der Waals surface area contributed by atoms with Crippen molar-refractivity contribution in [3.8, 4) is 22.6 Å². The molecule has 0 spiro atoms. The van der Waals surface area contributed by atoms with Crippen LogP contribution in [0.1, 0.15) is 11.4 Å². The van der Waals surface area contributed by atoms with E-state index in [2.05, 4.69) is 4.98 Å². The molecule has 0 radical (unpaired) electrons. The van der Waals surface area contributed by atoms with Gasteiger partial charge in [-0.1, -0.05) is 12.1 Å². The van der Waals surface area contributed by atoms with E-state index < -0.39 is 0 Å². The third-order valence-corrected chi connectivity index (χ3v) is 3.58. The van der Waals surface area contributed by atoms with Gasteiger partial charge in [0.2, 0.25) is 5.43 Å². The van der Waals surface area contributed by atoms with E-state index in [1.807, 2.05) is 50.2 Å². The number of aromatic hydroxyl groups is 1. The summed E-state index contributed by atoms with van der Waals surface area (Å²) < 4.78 is 1.80. The van der Waals surface area contributed by atoms with Gasteiger partial charge in [-0.05, 0) is 49.2 Å². The fourth-order valence-electron chi connectivity index (χ4n) is 2.46. The quantitative estimate of drug-likeness (QED) is 0.789. The standard InChI is InChI=1S/C18H16N2O2/c1-12-8-15(6-7-19-12)14-4-3-5-16(10-14)20-11-18(22)17(21)9-13(20)2/h3-11,22H,1-2H3. The van der Waals surface area contributed by atoms with Crippen LogP contribution in [0.15, 0.2) is 59.7 Å². The van der Waals surface area contributed by atoms with Crippen LogP contribution in [-0.4, -0.2) is 14.7 Å². The number of aromatic nitrogens is 2. The predicted octanol–water partition coefficient (Wildman–Crippen LogP) is 3.22. The highest BCUT2D eigenvalue weighted by atomic mass is 16.3. The van der Waals surface area contributed by atoms with Crippen molar-refractivity contribution >= 4 is 0 Å². The second kappa shape index (κ2) is 5.48. The zero-order valence-electron chi connectivity index (χ0n) is 12.4. The Bertz CT molecular complexity index is 898. The van der Waals surface area contributed by atoms with Crippen molar-refractivity contribution in [3.05, 3.63) is 76.5 Å². The molecular formula is C18H16N2O2. The van der Waals surface area contributed by atoms with Crippen molar-refractivity contribution in [1.29, 1.82) is 0 Å². The van der Waals surface area contributed by atoms with Gasteiger partial charge < -0.3 is 9.67 Å². The summed E-state index contributed by atoms with van der Waals surface area (Å²) in [4.78, 5) is 15.7. The van der Waals surface area contributed by atoms with Crippen LogP contribution in [0.3, 0.4) is 0 Å². The molecule has 0 amide bonds. The maximum absolute atomic E-state index is 11.5. The highest BCUT2D eigenvalue weighted by Gasteiger charge is 2.06. The van der Waals surface area contributed by atoms with Gasteiger partial charge in [-0.2, -0.15) is 0 Å². The van der Waals surface area contributed by atoms with Gasteiger partial charge in [0.1, 0.15) is 0 Å². The highest BCUT2D eigenvalue weighted by molar-refractivity contribution is 5.66. The molecule has 0 atom stereocenters. The van der Waals surface area contributed by atoms with E-state index in [4.69, 9.17) is 0 Å². The fraction of sp³-hybridized carbons (Fsp3) is 0.111. The zero-order chi connectivity index (χ0) is 15.7. The first-order valence-corrected chi connectivity index (χ1v) is 7.00. The van der Waals surface area contributed by atoms with Gasteiger partial charge in [-0.3, -0.25) is 9.78 Å². The van der Waals surface area contributed by atoms with Gasteiger partial charge in [-0.25, -0.2) is 0 Å². The Morgan fingerprint density at radius 2 is 1.82 bits per heavy atom. The predicted molar refractivity (Wildman–Crippen MR) is 86.4 cm³/mol. The molecule has 2 aromatic heterocycles. The average molecular weight is 292 g/mol. The molecular weight excluding hydrogens is 276 g/mol. The second-order valence-electron chi connectivity index (χ2n) is 5.27. The third kappa shape index (κ3) is 2.63. The van der Waals surface area contributed by atoms with Gasteiger partial charge in [0, 0.05) is 29.3 Å². The molecule has 1 aromatic carbocycles. The molecule has 22 heavy (non-hydrogen) atoms. The van der Waals surface area contributed by atoms with Crippen molar-refractivity contribution in [1.82, 2.24) is 9.55 Å². The van der Waals surface area contributed by atoms with Crippen molar-refractivity contribution in [3.63, 3.8) is 0 Å². The van der Waals surface area contributed by atoms with Crippen LogP contribution in [0.2, 0.25) is 0 Å². The summed E-state index contributed by atoms with van der Waals surface area (Å²) in [5.41, 5.74) is 4.39. The number of hydrogen-bond acceptors (Lipinski definition) is 3. The minimum atomic E-state index is -0.366. The SMILES string of the molecule is Cc1cc(-c2cccc(-n3cc(O)c(=O)cc3C)c2)ccn1. The minimum Gasteiger partial charge on any atom is -0.503 e. The summed E-state index contributed by atoms with van der Waals surface area (Å²) in [7, 11) is 0. The molecule has 0 unspecified atom stereocenters. The summed E-state index contributed by atoms with van der Waals surface area (Å²) in [6.07, 6.45) is 3.24. The lowest BCUT2D eigenvalue weighted by molar-refractivity contribution is 0.465. The smallest absolute Gasteiger partial charge is 0.223 e. The summed E-state index contributed by atoms with van der Waals surface area (Å²) >= 11 is 0. The van der Waals surface area contributed by atoms with Gasteiger partial charge in [-0.15, -0.1) is 0 Å². The highest BCUT2D eigenvalue weighted by Crippen LogP contribution is 2.23. The Hall–Kier alpha value is -2.88. The summed E-state index contributed by atoms with van der Waals surface area (Å²) in [5, 5.41) is 9.67. The lowest BCUT2D eigenvalue weighted by Gasteiger charge is -2.12. The Balaban J connectivity index is 2.13. The normalized spacial score (nSPS) is 10.6. The molecule has 2 heterocycles. The zero-order valence-corrected chi connectivity index (χ0v) is 12.4. The third-order valence-electron chi connectivity index (χ3n) is 3.58. The number of benzene rings is 1. The molecule has 0 aliphatic heterocycles. The van der Waals surface area contributed by atoms with E-state index in [0.29, 0.717) is 0 Å². The molecule has 0 bridgehead atoms. The molecule has 4 heteroatoms. The molecule has 4 nitrogen and oxygen atoms in total. The van der Waals surface area contributed by atoms with Gasteiger partial charge in [0.15, 0.2) is 5.75 Å². The number of rotatable bonds is 2. The van der Waals surface area contributed by atoms with Crippen LogP contribution in [-0.2, 0) is 0 Å². The van der Waals surface area contributed by atoms with Crippen LogP contribution in [0, 0.1) is 13.8 Å². The second-order valence-corrected chi connectivity index (χ2v) is 5.27. The molecule has 0 aliphatic carbocycles. The molecule has 3 aromatic rings. The summed E-state index contributed by atoms with van der Waals surface area (Å²) in [6.45, 7) is 3.79. The minimum absolute atomic E-state index is 0.254. The molecule has 0 aliphatic rings. The van der Waals surface area contributed by atoms with Crippen LogP contribution < -0.4 is 5.43 Å². The van der Waals surface area contributed by atoms with Crippen LogP contribution >= 0.6 is 0 Å². The average Bonchev–Trinajstić information content (AvgIpc) is 2.51. The first kappa shape index (κ1) is 14.1. The van der Waals surface area contributed by atoms with E-state index in [0.717, 1.165) is 28.2 Å². The lowest BCUT2D eigenvalue weighted by Crippen LogP contribution is -2.08. The van der Waals surface area contributed by atoms with Crippen molar-refractivity contribution < 1.29 is 5.11 Å². The van der Waals surface area contributed by atoms with Gasteiger partial charge >= 0.3 is 0 Å². The van der Waals surface area contributed by atoms with E-state index in [1.165, 1.54) is 12.3 Å². The Labute approximate surface area is 128 Å². The number of hydrogen-bond donors (Lipinski definition) is 1. The van der Waals surface area contributed by atoms with Gasteiger partial charge in [0.25, 0.3) is 0 Å². The maximum Gasteiger partial charge on any atom is 0.223 e. The summed E-state index contributed by atoms with van der Waals surface area (Å²) in [6, 6.07) is 13.3.